The van der Waals surface area contributed by atoms with E-state index in [1.165, 1.54) is 11.8 Å². The summed E-state index contributed by atoms with van der Waals surface area (Å²) in [4.78, 5) is 33.0. The number of ether oxygens (including phenoxy) is 1. The lowest BCUT2D eigenvalue weighted by Gasteiger charge is -2.17. The SMILES string of the molecule is CSc1nc(C)c(CCC(=O)N(C)CCOc2ccc(Cl)cc2)c(=O)[nH]1. The molecule has 0 saturated carbocycles. The third kappa shape index (κ3) is 5.78. The second kappa shape index (κ2) is 9.64. The number of hydrogen-bond donors (Lipinski definition) is 1. The quantitative estimate of drug-likeness (QED) is 0.549. The minimum atomic E-state index is -0.177. The first-order chi connectivity index (χ1) is 12.4. The van der Waals surface area contributed by atoms with E-state index < -0.39 is 0 Å². The molecule has 0 aliphatic rings. The Labute approximate surface area is 161 Å². The van der Waals surface area contributed by atoms with Gasteiger partial charge in [0.1, 0.15) is 12.4 Å². The Hall–Kier alpha value is -1.99. The van der Waals surface area contributed by atoms with Gasteiger partial charge < -0.3 is 14.6 Å². The van der Waals surface area contributed by atoms with Crippen molar-refractivity contribution in [2.45, 2.75) is 24.9 Å². The molecule has 2 rings (SSSR count). The number of hydrogen-bond acceptors (Lipinski definition) is 5. The summed E-state index contributed by atoms with van der Waals surface area (Å²) in [5, 5.41) is 1.23. The number of carbonyl (C=O) groups is 1. The molecule has 1 heterocycles. The van der Waals surface area contributed by atoms with E-state index in [0.29, 0.717) is 46.8 Å². The van der Waals surface area contributed by atoms with Crippen LogP contribution in [0.4, 0.5) is 0 Å². The number of carbonyl (C=O) groups excluding carboxylic acids is 1. The molecule has 0 saturated heterocycles. The summed E-state index contributed by atoms with van der Waals surface area (Å²) in [6.45, 7) is 2.63. The fourth-order valence-electron chi connectivity index (χ4n) is 2.35. The van der Waals surface area contributed by atoms with Crippen LogP contribution in [0.5, 0.6) is 5.75 Å². The van der Waals surface area contributed by atoms with E-state index in [1.807, 2.05) is 6.26 Å². The number of H-pyrrole nitrogens is 1. The Kier molecular flexibility index (Phi) is 7.53. The molecular weight excluding hydrogens is 374 g/mol. The highest BCUT2D eigenvalue weighted by Crippen LogP contribution is 2.15. The van der Waals surface area contributed by atoms with Crippen molar-refractivity contribution in [1.82, 2.24) is 14.9 Å². The van der Waals surface area contributed by atoms with Gasteiger partial charge in [-0.3, -0.25) is 9.59 Å². The molecule has 0 unspecified atom stereocenters. The first-order valence-corrected chi connectivity index (χ1v) is 9.77. The number of aromatic amines is 1. The van der Waals surface area contributed by atoms with Gasteiger partial charge in [-0.15, -0.1) is 0 Å². The van der Waals surface area contributed by atoms with E-state index >= 15 is 0 Å². The number of nitrogens with one attached hydrogen (secondary N) is 1. The van der Waals surface area contributed by atoms with Gasteiger partial charge in [0.15, 0.2) is 5.16 Å². The molecule has 140 valence electrons. The summed E-state index contributed by atoms with van der Waals surface area (Å²) in [5.74, 6) is 0.662. The van der Waals surface area contributed by atoms with Crippen molar-refractivity contribution in [1.29, 1.82) is 0 Å². The largest absolute Gasteiger partial charge is 0.492 e. The van der Waals surface area contributed by atoms with Crippen LogP contribution in [0.1, 0.15) is 17.7 Å². The monoisotopic (exact) mass is 395 g/mol. The van der Waals surface area contributed by atoms with Crippen LogP contribution < -0.4 is 10.3 Å². The third-order valence-electron chi connectivity index (χ3n) is 3.92. The van der Waals surface area contributed by atoms with Gasteiger partial charge in [-0.25, -0.2) is 4.98 Å². The Morgan fingerprint density at radius 2 is 2.04 bits per heavy atom. The summed E-state index contributed by atoms with van der Waals surface area (Å²) in [6, 6.07) is 7.07. The molecule has 8 heteroatoms. The van der Waals surface area contributed by atoms with Crippen LogP contribution in [0.3, 0.4) is 0 Å². The normalized spacial score (nSPS) is 10.6. The molecule has 0 aliphatic carbocycles. The highest BCUT2D eigenvalue weighted by Gasteiger charge is 2.13. The molecule has 2 aromatic rings. The zero-order valence-corrected chi connectivity index (χ0v) is 16.6. The molecule has 0 spiro atoms. The number of halogens is 1. The Balaban J connectivity index is 1.82. The number of nitrogens with zero attached hydrogens (tertiary/aromatic N) is 2. The average molecular weight is 396 g/mol. The van der Waals surface area contributed by atoms with Crippen LogP contribution in [-0.4, -0.2) is 47.2 Å². The van der Waals surface area contributed by atoms with E-state index in [0.717, 1.165) is 0 Å². The second-order valence-corrected chi connectivity index (χ2v) is 6.99. The highest BCUT2D eigenvalue weighted by atomic mass is 35.5. The highest BCUT2D eigenvalue weighted by molar-refractivity contribution is 7.98. The van der Waals surface area contributed by atoms with Crippen molar-refractivity contribution in [3.8, 4) is 5.75 Å². The smallest absolute Gasteiger partial charge is 0.254 e. The maximum Gasteiger partial charge on any atom is 0.254 e. The number of aromatic nitrogens is 2. The van der Waals surface area contributed by atoms with Crippen molar-refractivity contribution in [2.24, 2.45) is 0 Å². The molecule has 1 N–H and O–H groups in total. The number of thioether (sulfide) groups is 1. The predicted octanol–water partition coefficient (Wildman–Crippen LogP) is 2.92. The molecule has 26 heavy (non-hydrogen) atoms. The lowest BCUT2D eigenvalue weighted by atomic mass is 10.1. The topological polar surface area (TPSA) is 75.3 Å². The first kappa shape index (κ1) is 20.3. The van der Waals surface area contributed by atoms with E-state index in [2.05, 4.69) is 9.97 Å². The van der Waals surface area contributed by atoms with Gasteiger partial charge in [0.2, 0.25) is 5.91 Å². The number of rotatable bonds is 8. The van der Waals surface area contributed by atoms with Crippen molar-refractivity contribution < 1.29 is 9.53 Å². The molecule has 0 aliphatic heterocycles. The molecule has 0 radical (unpaired) electrons. The Bertz CT molecular complexity index is 808. The number of amides is 1. The van der Waals surface area contributed by atoms with Gasteiger partial charge in [-0.1, -0.05) is 23.4 Å². The average Bonchev–Trinajstić information content (AvgIpc) is 2.62. The van der Waals surface area contributed by atoms with Crippen molar-refractivity contribution in [3.05, 3.63) is 50.9 Å². The molecule has 0 bridgehead atoms. The van der Waals surface area contributed by atoms with Gasteiger partial charge in [-0.2, -0.15) is 0 Å². The van der Waals surface area contributed by atoms with E-state index in [9.17, 15) is 9.59 Å². The molecule has 6 nitrogen and oxygen atoms in total. The molecule has 1 amide bonds. The Morgan fingerprint density at radius 1 is 1.35 bits per heavy atom. The van der Waals surface area contributed by atoms with Crippen LogP contribution in [0.2, 0.25) is 5.02 Å². The van der Waals surface area contributed by atoms with E-state index in [4.69, 9.17) is 16.3 Å². The van der Waals surface area contributed by atoms with Gasteiger partial charge in [0.25, 0.3) is 5.56 Å². The van der Waals surface area contributed by atoms with Crippen molar-refractivity contribution in [2.75, 3.05) is 26.5 Å². The zero-order chi connectivity index (χ0) is 19.1. The second-order valence-electron chi connectivity index (χ2n) is 5.76. The summed E-state index contributed by atoms with van der Waals surface area (Å²) in [5.41, 5.74) is 1.05. The van der Waals surface area contributed by atoms with Gasteiger partial charge in [0, 0.05) is 29.7 Å². The molecule has 1 aromatic heterocycles. The predicted molar refractivity (Wildman–Crippen MR) is 104 cm³/mol. The third-order valence-corrected chi connectivity index (χ3v) is 4.75. The molecule has 0 atom stereocenters. The number of aryl methyl sites for hydroxylation is 1. The summed E-state index contributed by atoms with van der Waals surface area (Å²) >= 11 is 7.20. The fraction of sp³-hybridized carbons (Fsp3) is 0.389. The maximum atomic E-state index is 12.3. The van der Waals surface area contributed by atoms with Crippen LogP contribution in [-0.2, 0) is 11.2 Å². The molecular formula is C18H22ClN3O3S. The van der Waals surface area contributed by atoms with Gasteiger partial charge >= 0.3 is 0 Å². The maximum absolute atomic E-state index is 12.3. The van der Waals surface area contributed by atoms with Crippen molar-refractivity contribution >= 4 is 29.3 Å². The van der Waals surface area contributed by atoms with Crippen molar-refractivity contribution in [3.63, 3.8) is 0 Å². The summed E-state index contributed by atoms with van der Waals surface area (Å²) in [7, 11) is 1.72. The summed E-state index contributed by atoms with van der Waals surface area (Å²) in [6.07, 6.45) is 2.47. The van der Waals surface area contributed by atoms with Crippen LogP contribution >= 0.6 is 23.4 Å². The zero-order valence-electron chi connectivity index (χ0n) is 15.0. The van der Waals surface area contributed by atoms with Gasteiger partial charge in [0.05, 0.1) is 6.54 Å². The van der Waals surface area contributed by atoms with Crippen LogP contribution in [0.25, 0.3) is 0 Å². The van der Waals surface area contributed by atoms with E-state index in [1.54, 1.807) is 43.1 Å². The minimum Gasteiger partial charge on any atom is -0.492 e. The van der Waals surface area contributed by atoms with E-state index in [-0.39, 0.29) is 17.9 Å². The number of benzene rings is 1. The lowest BCUT2D eigenvalue weighted by molar-refractivity contribution is -0.130. The fourth-order valence-corrected chi connectivity index (χ4v) is 2.90. The summed E-state index contributed by atoms with van der Waals surface area (Å²) < 4.78 is 5.59. The molecule has 1 aromatic carbocycles. The standard InChI is InChI=1S/C18H22ClN3O3S/c1-12-15(17(24)21-18(20-12)26-3)8-9-16(23)22(2)10-11-25-14-6-4-13(19)5-7-14/h4-7H,8-11H2,1-3H3,(H,20,21,24). The minimum absolute atomic E-state index is 0.0440. The van der Waals surface area contributed by atoms with Gasteiger partial charge in [-0.05, 0) is 43.9 Å². The lowest BCUT2D eigenvalue weighted by Crippen LogP contribution is -2.31. The first-order valence-electron chi connectivity index (χ1n) is 8.17. The molecule has 0 fully saturated rings. The van der Waals surface area contributed by atoms with Crippen LogP contribution in [0, 0.1) is 6.92 Å². The van der Waals surface area contributed by atoms with Crippen LogP contribution in [0.15, 0.2) is 34.2 Å². The number of likely N-dealkylation sites (N-methyl/N-ethyl adjacent to an activating group) is 1. The Morgan fingerprint density at radius 3 is 2.65 bits per heavy atom.